The molecular formula is C16H17F3N2. The quantitative estimate of drug-likeness (QED) is 0.917. The zero-order chi connectivity index (χ0) is 15.4. The Balaban J connectivity index is 2.22. The van der Waals surface area contributed by atoms with Gasteiger partial charge in [0.15, 0.2) is 0 Å². The van der Waals surface area contributed by atoms with E-state index in [-0.39, 0.29) is 17.9 Å². The summed E-state index contributed by atoms with van der Waals surface area (Å²) in [6.07, 6.45) is 0. The van der Waals surface area contributed by atoms with E-state index in [2.05, 4.69) is 0 Å². The van der Waals surface area contributed by atoms with E-state index in [1.165, 1.54) is 30.3 Å². The molecule has 0 heterocycles. The molecule has 0 saturated carbocycles. The van der Waals surface area contributed by atoms with Gasteiger partial charge in [0, 0.05) is 18.7 Å². The van der Waals surface area contributed by atoms with E-state index in [9.17, 15) is 13.2 Å². The largest absolute Gasteiger partial charge is 0.329 e. The Morgan fingerprint density at radius 1 is 1.00 bits per heavy atom. The first-order valence-corrected chi connectivity index (χ1v) is 6.61. The van der Waals surface area contributed by atoms with Crippen molar-refractivity contribution < 1.29 is 13.2 Å². The van der Waals surface area contributed by atoms with Crippen molar-refractivity contribution in [3.05, 3.63) is 71.0 Å². The third-order valence-electron chi connectivity index (χ3n) is 3.43. The van der Waals surface area contributed by atoms with Crippen LogP contribution < -0.4 is 5.73 Å². The maximum absolute atomic E-state index is 13.9. The fourth-order valence-corrected chi connectivity index (χ4v) is 2.34. The van der Waals surface area contributed by atoms with Gasteiger partial charge in [0.2, 0.25) is 0 Å². The Hall–Kier alpha value is -1.85. The van der Waals surface area contributed by atoms with E-state index in [0.717, 1.165) is 5.56 Å². The van der Waals surface area contributed by atoms with Crippen LogP contribution in [-0.4, -0.2) is 18.5 Å². The van der Waals surface area contributed by atoms with Crippen molar-refractivity contribution in [1.82, 2.24) is 4.90 Å². The van der Waals surface area contributed by atoms with Gasteiger partial charge in [-0.15, -0.1) is 0 Å². The maximum Gasteiger partial charge on any atom is 0.130 e. The molecule has 0 fully saturated rings. The summed E-state index contributed by atoms with van der Waals surface area (Å²) in [6.45, 7) is 0.492. The topological polar surface area (TPSA) is 29.3 Å². The van der Waals surface area contributed by atoms with Gasteiger partial charge in [0.25, 0.3) is 0 Å². The van der Waals surface area contributed by atoms with Crippen molar-refractivity contribution in [3.63, 3.8) is 0 Å². The van der Waals surface area contributed by atoms with E-state index in [0.29, 0.717) is 6.54 Å². The van der Waals surface area contributed by atoms with Gasteiger partial charge in [0.05, 0.1) is 6.04 Å². The molecule has 1 unspecified atom stereocenters. The predicted octanol–water partition coefficient (Wildman–Crippen LogP) is 3.24. The molecule has 0 amide bonds. The van der Waals surface area contributed by atoms with E-state index in [4.69, 9.17) is 5.73 Å². The van der Waals surface area contributed by atoms with Gasteiger partial charge >= 0.3 is 0 Å². The van der Waals surface area contributed by atoms with Gasteiger partial charge in [-0.2, -0.15) is 0 Å². The first-order chi connectivity index (χ1) is 10.0. The Labute approximate surface area is 122 Å². The number of likely N-dealkylation sites (N-methyl/N-ethyl adjacent to an activating group) is 1. The SMILES string of the molecule is CN(Cc1ccc(F)cc1)C(CN)c1c(F)cccc1F. The number of nitrogens with zero attached hydrogens (tertiary/aromatic N) is 1. The predicted molar refractivity (Wildman–Crippen MR) is 76.0 cm³/mol. The molecule has 2 aromatic rings. The van der Waals surface area contributed by atoms with Crippen LogP contribution >= 0.6 is 0 Å². The van der Waals surface area contributed by atoms with Gasteiger partial charge < -0.3 is 5.73 Å². The van der Waals surface area contributed by atoms with Crippen LogP contribution in [-0.2, 0) is 6.54 Å². The van der Waals surface area contributed by atoms with Crippen molar-refractivity contribution in [2.24, 2.45) is 5.73 Å². The average molecular weight is 294 g/mol. The lowest BCUT2D eigenvalue weighted by Crippen LogP contribution is -2.31. The molecule has 0 saturated heterocycles. The van der Waals surface area contributed by atoms with Gasteiger partial charge in [0.1, 0.15) is 17.5 Å². The highest BCUT2D eigenvalue weighted by molar-refractivity contribution is 5.24. The van der Waals surface area contributed by atoms with Gasteiger partial charge in [-0.25, -0.2) is 13.2 Å². The summed E-state index contributed by atoms with van der Waals surface area (Å²) in [7, 11) is 1.73. The zero-order valence-electron chi connectivity index (χ0n) is 11.7. The molecule has 0 radical (unpaired) electrons. The molecule has 2 aromatic carbocycles. The van der Waals surface area contributed by atoms with Gasteiger partial charge in [-0.1, -0.05) is 18.2 Å². The van der Waals surface area contributed by atoms with Crippen LogP contribution in [0.3, 0.4) is 0 Å². The second-order valence-corrected chi connectivity index (χ2v) is 4.93. The van der Waals surface area contributed by atoms with E-state index in [1.54, 1.807) is 24.1 Å². The van der Waals surface area contributed by atoms with Crippen molar-refractivity contribution in [2.75, 3.05) is 13.6 Å². The summed E-state index contributed by atoms with van der Waals surface area (Å²) in [5.41, 5.74) is 6.49. The number of benzene rings is 2. The molecule has 0 aliphatic heterocycles. The third-order valence-corrected chi connectivity index (χ3v) is 3.43. The van der Waals surface area contributed by atoms with Crippen LogP contribution in [0.1, 0.15) is 17.2 Å². The molecule has 0 aliphatic rings. The zero-order valence-corrected chi connectivity index (χ0v) is 11.7. The molecular weight excluding hydrogens is 277 g/mol. The Morgan fingerprint density at radius 2 is 1.57 bits per heavy atom. The lowest BCUT2D eigenvalue weighted by atomic mass is 10.0. The van der Waals surface area contributed by atoms with Crippen LogP contribution in [0.2, 0.25) is 0 Å². The minimum Gasteiger partial charge on any atom is -0.329 e. The first-order valence-electron chi connectivity index (χ1n) is 6.61. The van der Waals surface area contributed by atoms with E-state index >= 15 is 0 Å². The maximum atomic E-state index is 13.9. The Kier molecular flexibility index (Phi) is 4.98. The van der Waals surface area contributed by atoms with Crippen molar-refractivity contribution in [3.8, 4) is 0 Å². The number of rotatable bonds is 5. The normalized spacial score (nSPS) is 12.7. The van der Waals surface area contributed by atoms with E-state index < -0.39 is 17.7 Å². The molecule has 0 bridgehead atoms. The standard InChI is InChI=1S/C16H17F3N2/c1-21(10-11-5-7-12(17)8-6-11)15(9-20)16-13(18)3-2-4-14(16)19/h2-8,15H,9-10,20H2,1H3. The molecule has 112 valence electrons. The minimum absolute atomic E-state index is 0.0374. The Morgan fingerprint density at radius 3 is 2.10 bits per heavy atom. The molecule has 2 nitrogen and oxygen atoms in total. The second-order valence-electron chi connectivity index (χ2n) is 4.93. The summed E-state index contributed by atoms with van der Waals surface area (Å²) >= 11 is 0. The lowest BCUT2D eigenvalue weighted by Gasteiger charge is -2.28. The molecule has 1 atom stereocenters. The third kappa shape index (κ3) is 3.62. The van der Waals surface area contributed by atoms with Crippen LogP contribution in [0.4, 0.5) is 13.2 Å². The van der Waals surface area contributed by atoms with Crippen LogP contribution in [0.25, 0.3) is 0 Å². The summed E-state index contributed by atoms with van der Waals surface area (Å²) in [5.74, 6) is -1.55. The lowest BCUT2D eigenvalue weighted by molar-refractivity contribution is 0.231. The molecule has 2 rings (SSSR count). The van der Waals surface area contributed by atoms with Crippen LogP contribution in [0.5, 0.6) is 0 Å². The summed E-state index contributed by atoms with van der Waals surface area (Å²) in [5, 5.41) is 0. The highest BCUT2D eigenvalue weighted by Gasteiger charge is 2.22. The highest BCUT2D eigenvalue weighted by atomic mass is 19.1. The van der Waals surface area contributed by atoms with Crippen LogP contribution in [0.15, 0.2) is 42.5 Å². The molecule has 0 spiro atoms. The van der Waals surface area contributed by atoms with Gasteiger partial charge in [-0.05, 0) is 36.9 Å². The van der Waals surface area contributed by atoms with Gasteiger partial charge in [-0.3, -0.25) is 4.90 Å². The summed E-state index contributed by atoms with van der Waals surface area (Å²) in [6, 6.07) is 9.14. The van der Waals surface area contributed by atoms with Crippen molar-refractivity contribution in [1.29, 1.82) is 0 Å². The molecule has 5 heteroatoms. The fourth-order valence-electron chi connectivity index (χ4n) is 2.34. The minimum atomic E-state index is -0.614. The summed E-state index contributed by atoms with van der Waals surface area (Å²) in [4.78, 5) is 1.74. The van der Waals surface area contributed by atoms with Crippen LogP contribution in [0, 0.1) is 17.5 Å². The molecule has 2 N–H and O–H groups in total. The van der Waals surface area contributed by atoms with Crippen molar-refractivity contribution >= 4 is 0 Å². The number of hydrogen-bond acceptors (Lipinski definition) is 2. The second kappa shape index (κ2) is 6.74. The number of hydrogen-bond donors (Lipinski definition) is 1. The molecule has 21 heavy (non-hydrogen) atoms. The number of nitrogens with two attached hydrogens (primary N) is 1. The Bertz CT molecular complexity index is 579. The molecule has 0 aliphatic carbocycles. The highest BCUT2D eigenvalue weighted by Crippen LogP contribution is 2.25. The fraction of sp³-hybridized carbons (Fsp3) is 0.250. The van der Waals surface area contributed by atoms with Crippen molar-refractivity contribution in [2.45, 2.75) is 12.6 Å². The number of halogens is 3. The summed E-state index contributed by atoms with van der Waals surface area (Å²) < 4.78 is 40.6. The first kappa shape index (κ1) is 15.5. The smallest absolute Gasteiger partial charge is 0.130 e. The van der Waals surface area contributed by atoms with E-state index in [1.807, 2.05) is 0 Å². The molecule has 0 aromatic heterocycles. The monoisotopic (exact) mass is 294 g/mol. The average Bonchev–Trinajstić information content (AvgIpc) is 2.45.